The van der Waals surface area contributed by atoms with Crippen LogP contribution in [0.25, 0.3) is 0 Å². The second-order valence-electron chi connectivity index (χ2n) is 6.72. The van der Waals surface area contributed by atoms with E-state index in [1.54, 1.807) is 7.11 Å². The molecule has 0 radical (unpaired) electrons. The zero-order valence-corrected chi connectivity index (χ0v) is 14.2. The van der Waals surface area contributed by atoms with Crippen LogP contribution in [-0.2, 0) is 10.2 Å². The molecule has 0 aliphatic heterocycles. The Morgan fingerprint density at radius 1 is 1.10 bits per heavy atom. The molecule has 2 unspecified atom stereocenters. The van der Waals surface area contributed by atoms with E-state index in [9.17, 15) is 9.90 Å². The Balaban J connectivity index is 3.70. The largest absolute Gasteiger partial charge is 0.496 e. The number of ether oxygens (including phenoxy) is 1. The fraction of sp³-hybridized carbons (Fsp3) is 0.611. The number of rotatable bonds is 6. The van der Waals surface area contributed by atoms with Gasteiger partial charge in [-0.3, -0.25) is 4.79 Å². The molecule has 2 atom stereocenters. The Bertz CT molecular complexity index is 507. The fourth-order valence-corrected chi connectivity index (χ4v) is 3.33. The van der Waals surface area contributed by atoms with Crippen molar-refractivity contribution in [1.29, 1.82) is 0 Å². The van der Waals surface area contributed by atoms with E-state index in [4.69, 9.17) is 4.74 Å². The minimum Gasteiger partial charge on any atom is -0.496 e. The molecule has 0 heterocycles. The van der Waals surface area contributed by atoms with Crippen molar-refractivity contribution in [2.24, 2.45) is 17.3 Å². The molecule has 0 spiro atoms. The van der Waals surface area contributed by atoms with Crippen molar-refractivity contribution >= 4 is 5.97 Å². The lowest BCUT2D eigenvalue weighted by atomic mass is 9.52. The number of hydrogen-bond donors (Lipinski definition) is 1. The third kappa shape index (κ3) is 2.54. The van der Waals surface area contributed by atoms with Crippen LogP contribution in [0.4, 0.5) is 0 Å². The molecule has 21 heavy (non-hydrogen) atoms. The number of para-hydroxylation sites is 1. The Morgan fingerprint density at radius 3 is 2.00 bits per heavy atom. The summed E-state index contributed by atoms with van der Waals surface area (Å²) >= 11 is 0. The summed E-state index contributed by atoms with van der Waals surface area (Å²) in [5.41, 5.74) is -0.476. The number of carboxylic acids is 1. The lowest BCUT2D eigenvalue weighted by Crippen LogP contribution is -2.53. The smallest absolute Gasteiger partial charge is 0.310 e. The first kappa shape index (κ1) is 17.5. The van der Waals surface area contributed by atoms with Gasteiger partial charge in [-0.2, -0.15) is 0 Å². The van der Waals surface area contributed by atoms with Crippen LogP contribution < -0.4 is 4.74 Å². The van der Waals surface area contributed by atoms with Gasteiger partial charge >= 0.3 is 5.97 Å². The van der Waals surface area contributed by atoms with Crippen LogP contribution in [0.2, 0.25) is 0 Å². The topological polar surface area (TPSA) is 46.5 Å². The molecule has 118 valence electrons. The van der Waals surface area contributed by atoms with E-state index in [0.29, 0.717) is 0 Å². The zero-order chi connectivity index (χ0) is 16.4. The molecule has 0 aliphatic rings. The summed E-state index contributed by atoms with van der Waals surface area (Å²) in [5, 5.41) is 9.97. The van der Waals surface area contributed by atoms with E-state index in [1.807, 2.05) is 52.0 Å². The van der Waals surface area contributed by atoms with Crippen molar-refractivity contribution in [3.05, 3.63) is 29.8 Å². The average Bonchev–Trinajstić information content (AvgIpc) is 2.44. The SMILES string of the molecule is COc1ccccc1C(C)(C(C)C)C(C)(C(=O)O)C(C)C. The molecule has 1 N–H and O–H groups in total. The zero-order valence-electron chi connectivity index (χ0n) is 14.2. The van der Waals surface area contributed by atoms with Gasteiger partial charge in [-0.25, -0.2) is 0 Å². The molecule has 3 nitrogen and oxygen atoms in total. The van der Waals surface area contributed by atoms with E-state index in [-0.39, 0.29) is 11.8 Å². The molecule has 1 aromatic rings. The highest BCUT2D eigenvalue weighted by molar-refractivity contribution is 5.77. The van der Waals surface area contributed by atoms with E-state index in [1.165, 1.54) is 0 Å². The van der Waals surface area contributed by atoms with Gasteiger partial charge in [-0.1, -0.05) is 52.8 Å². The van der Waals surface area contributed by atoms with Crippen LogP contribution in [0, 0.1) is 17.3 Å². The molecule has 0 saturated carbocycles. The summed E-state index contributed by atoms with van der Waals surface area (Å²) in [7, 11) is 1.63. The summed E-state index contributed by atoms with van der Waals surface area (Å²) in [6.07, 6.45) is 0. The van der Waals surface area contributed by atoms with Gasteiger partial charge in [0, 0.05) is 11.0 Å². The number of carbonyl (C=O) groups is 1. The first-order valence-corrected chi connectivity index (χ1v) is 7.50. The Morgan fingerprint density at radius 2 is 1.62 bits per heavy atom. The Hall–Kier alpha value is -1.51. The summed E-state index contributed by atoms with van der Waals surface area (Å²) in [6.45, 7) is 12.0. The van der Waals surface area contributed by atoms with Crippen molar-refractivity contribution in [2.75, 3.05) is 7.11 Å². The molecule has 0 amide bonds. The minimum absolute atomic E-state index is 0.00712. The van der Waals surface area contributed by atoms with Gasteiger partial charge in [0.15, 0.2) is 0 Å². The lowest BCUT2D eigenvalue weighted by Gasteiger charge is -2.49. The van der Waals surface area contributed by atoms with Gasteiger partial charge in [0.1, 0.15) is 5.75 Å². The van der Waals surface area contributed by atoms with Crippen LogP contribution in [0.15, 0.2) is 24.3 Å². The monoisotopic (exact) mass is 292 g/mol. The predicted octanol–water partition coefficient (Wildman–Crippen LogP) is 4.36. The normalized spacial score (nSPS) is 17.4. The number of hydrogen-bond acceptors (Lipinski definition) is 2. The number of benzene rings is 1. The number of carboxylic acid groups (broad SMARTS) is 1. The van der Waals surface area contributed by atoms with Crippen LogP contribution in [0.5, 0.6) is 5.75 Å². The van der Waals surface area contributed by atoms with Crippen molar-refractivity contribution in [3.8, 4) is 5.75 Å². The van der Waals surface area contributed by atoms with Gasteiger partial charge < -0.3 is 9.84 Å². The van der Waals surface area contributed by atoms with Crippen LogP contribution in [0.1, 0.15) is 47.1 Å². The van der Waals surface area contributed by atoms with Crippen LogP contribution >= 0.6 is 0 Å². The van der Waals surface area contributed by atoms with E-state index in [2.05, 4.69) is 13.8 Å². The molecule has 1 rings (SSSR count). The molecule has 0 bridgehead atoms. The number of aliphatic carboxylic acids is 1. The van der Waals surface area contributed by atoms with E-state index in [0.717, 1.165) is 11.3 Å². The quantitative estimate of drug-likeness (QED) is 0.847. The van der Waals surface area contributed by atoms with Crippen molar-refractivity contribution in [1.82, 2.24) is 0 Å². The highest BCUT2D eigenvalue weighted by Crippen LogP contribution is 2.53. The third-order valence-electron chi connectivity index (χ3n) is 5.50. The Kier molecular flexibility index (Phi) is 5.08. The molecule has 0 saturated heterocycles. The van der Waals surface area contributed by atoms with Crippen molar-refractivity contribution in [3.63, 3.8) is 0 Å². The molecular formula is C18H28O3. The predicted molar refractivity (Wildman–Crippen MR) is 85.8 cm³/mol. The maximum Gasteiger partial charge on any atom is 0.310 e. The summed E-state index contributed by atoms with van der Waals surface area (Å²) in [4.78, 5) is 12.1. The highest BCUT2D eigenvalue weighted by Gasteiger charge is 2.55. The van der Waals surface area contributed by atoms with Gasteiger partial charge in [0.2, 0.25) is 0 Å². The first-order valence-electron chi connectivity index (χ1n) is 7.50. The molecule has 1 aromatic carbocycles. The van der Waals surface area contributed by atoms with Crippen LogP contribution in [0.3, 0.4) is 0 Å². The summed E-state index contributed by atoms with van der Waals surface area (Å²) in [5.74, 6) is 0.131. The van der Waals surface area contributed by atoms with Gasteiger partial charge in [0.25, 0.3) is 0 Å². The van der Waals surface area contributed by atoms with E-state index < -0.39 is 16.8 Å². The maximum atomic E-state index is 12.1. The standard InChI is InChI=1S/C18H28O3/c1-12(2)17(5,18(6,13(3)4)16(19)20)14-10-8-9-11-15(14)21-7/h8-13H,1-7H3,(H,19,20). The number of methoxy groups -OCH3 is 1. The third-order valence-corrected chi connectivity index (χ3v) is 5.50. The van der Waals surface area contributed by atoms with Crippen molar-refractivity contribution < 1.29 is 14.6 Å². The van der Waals surface area contributed by atoms with E-state index >= 15 is 0 Å². The molecule has 0 aliphatic carbocycles. The summed E-state index contributed by atoms with van der Waals surface area (Å²) in [6, 6.07) is 7.75. The Labute approximate surface area is 128 Å². The van der Waals surface area contributed by atoms with Gasteiger partial charge in [-0.05, 0) is 24.8 Å². The average molecular weight is 292 g/mol. The lowest BCUT2D eigenvalue weighted by molar-refractivity contribution is -0.158. The minimum atomic E-state index is -0.893. The fourth-order valence-electron chi connectivity index (χ4n) is 3.33. The molecule has 0 fully saturated rings. The van der Waals surface area contributed by atoms with Crippen LogP contribution in [-0.4, -0.2) is 18.2 Å². The highest BCUT2D eigenvalue weighted by atomic mass is 16.5. The van der Waals surface area contributed by atoms with Crippen molar-refractivity contribution in [2.45, 2.75) is 47.0 Å². The van der Waals surface area contributed by atoms with Gasteiger partial charge in [0.05, 0.1) is 12.5 Å². The first-order chi connectivity index (χ1) is 9.63. The molecule has 0 aromatic heterocycles. The second-order valence-corrected chi connectivity index (χ2v) is 6.72. The molecular weight excluding hydrogens is 264 g/mol. The molecule has 3 heteroatoms. The van der Waals surface area contributed by atoms with Gasteiger partial charge in [-0.15, -0.1) is 0 Å². The second kappa shape index (κ2) is 6.08. The summed E-state index contributed by atoms with van der Waals surface area (Å²) < 4.78 is 5.50. The maximum absolute atomic E-state index is 12.1.